The maximum absolute atomic E-state index is 12.6. The number of fused-ring (bicyclic) bond motifs is 1. The number of aromatic amines is 1. The third-order valence-electron chi connectivity index (χ3n) is 3.30. The predicted molar refractivity (Wildman–Crippen MR) is 76.3 cm³/mol. The molecular formula is C15H16N2O3. The topological polar surface area (TPSA) is 75.1 Å². The molecular weight excluding hydrogens is 256 g/mol. The number of aromatic nitrogens is 1. The zero-order chi connectivity index (χ0) is 14.7. The fourth-order valence-electron chi connectivity index (χ4n) is 2.25. The highest BCUT2D eigenvalue weighted by Crippen LogP contribution is 2.28. The molecule has 0 atom stereocenters. The molecule has 0 aliphatic rings. The number of H-pyrrole nitrogens is 1. The fourth-order valence-corrected chi connectivity index (χ4v) is 2.25. The smallest absolute Gasteiger partial charge is 0.193 e. The Morgan fingerprint density at radius 3 is 2.65 bits per heavy atom. The van der Waals surface area contributed by atoms with E-state index in [4.69, 9.17) is 14.7 Å². The molecule has 1 heterocycles. The van der Waals surface area contributed by atoms with Crippen molar-refractivity contribution >= 4 is 10.9 Å². The van der Waals surface area contributed by atoms with Crippen molar-refractivity contribution in [2.75, 3.05) is 14.2 Å². The molecule has 0 saturated carbocycles. The first-order chi connectivity index (χ1) is 9.62. The number of hydrogen-bond donors (Lipinski definition) is 1. The number of benzene rings is 1. The molecule has 0 aliphatic carbocycles. The van der Waals surface area contributed by atoms with Crippen molar-refractivity contribution in [3.63, 3.8) is 0 Å². The van der Waals surface area contributed by atoms with Gasteiger partial charge in [0.25, 0.3) is 0 Å². The molecule has 20 heavy (non-hydrogen) atoms. The number of pyridine rings is 1. The van der Waals surface area contributed by atoms with Crippen LogP contribution in [0.15, 0.2) is 16.9 Å². The molecule has 104 valence electrons. The van der Waals surface area contributed by atoms with Crippen molar-refractivity contribution in [3.05, 3.63) is 33.6 Å². The predicted octanol–water partition coefficient (Wildman–Crippen LogP) is 2.31. The van der Waals surface area contributed by atoms with E-state index in [2.05, 4.69) is 11.1 Å². The highest BCUT2D eigenvalue weighted by atomic mass is 16.5. The molecule has 2 aromatic rings. The monoisotopic (exact) mass is 272 g/mol. The minimum absolute atomic E-state index is 0.0799. The molecule has 0 fully saturated rings. The van der Waals surface area contributed by atoms with Crippen LogP contribution in [0.5, 0.6) is 11.5 Å². The van der Waals surface area contributed by atoms with Crippen LogP contribution in [0, 0.1) is 18.3 Å². The van der Waals surface area contributed by atoms with Gasteiger partial charge in [0.15, 0.2) is 5.43 Å². The minimum Gasteiger partial charge on any atom is -0.497 e. The Morgan fingerprint density at radius 1 is 1.30 bits per heavy atom. The van der Waals surface area contributed by atoms with Crippen LogP contribution in [0.1, 0.15) is 17.7 Å². The summed E-state index contributed by atoms with van der Waals surface area (Å²) in [5, 5.41) is 9.20. The second-order valence-electron chi connectivity index (χ2n) is 4.47. The fraction of sp³-hybridized carbons (Fsp3) is 0.333. The second-order valence-corrected chi connectivity index (χ2v) is 4.47. The van der Waals surface area contributed by atoms with Crippen molar-refractivity contribution in [3.8, 4) is 17.6 Å². The maximum Gasteiger partial charge on any atom is 0.193 e. The lowest BCUT2D eigenvalue weighted by molar-refractivity contribution is 0.397. The summed E-state index contributed by atoms with van der Waals surface area (Å²) in [7, 11) is 3.09. The summed E-state index contributed by atoms with van der Waals surface area (Å²) < 4.78 is 10.5. The van der Waals surface area contributed by atoms with Gasteiger partial charge in [0.05, 0.1) is 31.2 Å². The number of nitriles is 1. The van der Waals surface area contributed by atoms with Crippen LogP contribution in [-0.2, 0) is 6.42 Å². The van der Waals surface area contributed by atoms with Crippen molar-refractivity contribution in [1.82, 2.24) is 4.98 Å². The lowest BCUT2D eigenvalue weighted by Crippen LogP contribution is -2.14. The average molecular weight is 272 g/mol. The molecule has 0 unspecified atom stereocenters. The number of rotatable bonds is 4. The summed E-state index contributed by atoms with van der Waals surface area (Å²) in [6.07, 6.45) is 0.754. The van der Waals surface area contributed by atoms with Gasteiger partial charge in [-0.2, -0.15) is 5.26 Å². The summed E-state index contributed by atoms with van der Waals surface area (Å²) in [5.74, 6) is 1.13. The normalized spacial score (nSPS) is 10.3. The Labute approximate surface area is 116 Å². The number of nitrogens with zero attached hydrogens (tertiary/aromatic N) is 1. The van der Waals surface area contributed by atoms with Crippen LogP contribution in [-0.4, -0.2) is 19.2 Å². The molecule has 0 spiro atoms. The van der Waals surface area contributed by atoms with E-state index in [0.717, 1.165) is 5.69 Å². The van der Waals surface area contributed by atoms with E-state index in [-0.39, 0.29) is 5.43 Å². The van der Waals surface area contributed by atoms with E-state index in [1.807, 2.05) is 6.92 Å². The molecule has 1 N–H and O–H groups in total. The number of ether oxygens (including phenoxy) is 2. The quantitative estimate of drug-likeness (QED) is 0.926. The first kappa shape index (κ1) is 13.9. The van der Waals surface area contributed by atoms with Crippen molar-refractivity contribution in [1.29, 1.82) is 5.26 Å². The largest absolute Gasteiger partial charge is 0.497 e. The molecule has 0 bridgehead atoms. The first-order valence-corrected chi connectivity index (χ1v) is 6.26. The second kappa shape index (κ2) is 5.66. The number of methoxy groups -OCH3 is 2. The van der Waals surface area contributed by atoms with Gasteiger partial charge in [0, 0.05) is 23.7 Å². The van der Waals surface area contributed by atoms with Crippen molar-refractivity contribution in [2.24, 2.45) is 0 Å². The summed E-state index contributed by atoms with van der Waals surface area (Å²) in [6.45, 7) is 1.83. The summed E-state index contributed by atoms with van der Waals surface area (Å²) in [5.41, 5.74) is 1.97. The number of nitrogens with one attached hydrogen (secondary N) is 1. The van der Waals surface area contributed by atoms with Gasteiger partial charge in [-0.3, -0.25) is 4.79 Å². The number of hydrogen-bond acceptors (Lipinski definition) is 4. The van der Waals surface area contributed by atoms with Gasteiger partial charge in [-0.1, -0.05) is 0 Å². The van der Waals surface area contributed by atoms with E-state index < -0.39 is 0 Å². The zero-order valence-corrected chi connectivity index (χ0v) is 11.7. The van der Waals surface area contributed by atoms with Crippen LogP contribution in [0.3, 0.4) is 0 Å². The van der Waals surface area contributed by atoms with Crippen molar-refractivity contribution < 1.29 is 9.47 Å². The standard InChI is InChI=1S/C15H16N2O3/c1-9-11(5-4-6-16)15(18)12-7-10(19-2)8-13(20-3)14(12)17-9/h7-8H,4-5H2,1-3H3,(H,17,18). The zero-order valence-electron chi connectivity index (χ0n) is 11.7. The molecule has 1 aromatic carbocycles. The lowest BCUT2D eigenvalue weighted by Gasteiger charge is -2.11. The highest BCUT2D eigenvalue weighted by Gasteiger charge is 2.13. The van der Waals surface area contributed by atoms with E-state index in [1.165, 1.54) is 0 Å². The Balaban J connectivity index is 2.77. The van der Waals surface area contributed by atoms with E-state index >= 15 is 0 Å². The van der Waals surface area contributed by atoms with E-state index in [9.17, 15) is 4.79 Å². The van der Waals surface area contributed by atoms with Gasteiger partial charge in [-0.05, 0) is 19.4 Å². The van der Waals surface area contributed by atoms with Gasteiger partial charge >= 0.3 is 0 Å². The molecule has 0 aliphatic heterocycles. The molecule has 2 rings (SSSR count). The van der Waals surface area contributed by atoms with E-state index in [0.29, 0.717) is 40.8 Å². The van der Waals surface area contributed by atoms with Gasteiger partial charge in [0.2, 0.25) is 0 Å². The molecule has 0 amide bonds. The van der Waals surface area contributed by atoms with Gasteiger partial charge < -0.3 is 14.5 Å². The Kier molecular flexibility index (Phi) is 3.94. The Bertz CT molecular complexity index is 741. The first-order valence-electron chi connectivity index (χ1n) is 6.26. The summed E-state index contributed by atoms with van der Waals surface area (Å²) in [4.78, 5) is 15.7. The molecule has 0 saturated heterocycles. The molecule has 0 radical (unpaired) electrons. The molecule has 5 heteroatoms. The SMILES string of the molecule is COc1cc(OC)c2[nH]c(C)c(CCC#N)c(=O)c2c1. The van der Waals surface area contributed by atoms with Crippen LogP contribution in [0.4, 0.5) is 0 Å². The third kappa shape index (κ3) is 2.32. The van der Waals surface area contributed by atoms with Gasteiger partial charge in [-0.25, -0.2) is 0 Å². The summed E-state index contributed by atoms with van der Waals surface area (Å²) in [6, 6.07) is 5.48. The van der Waals surface area contributed by atoms with Gasteiger partial charge in [0.1, 0.15) is 11.5 Å². The Morgan fingerprint density at radius 2 is 2.05 bits per heavy atom. The van der Waals surface area contributed by atoms with E-state index in [1.54, 1.807) is 26.4 Å². The molecule has 1 aromatic heterocycles. The maximum atomic E-state index is 12.6. The summed E-state index contributed by atoms with van der Waals surface area (Å²) >= 11 is 0. The highest BCUT2D eigenvalue weighted by molar-refractivity contribution is 5.87. The van der Waals surface area contributed by atoms with Crippen LogP contribution in [0.2, 0.25) is 0 Å². The van der Waals surface area contributed by atoms with Crippen molar-refractivity contribution in [2.45, 2.75) is 19.8 Å². The van der Waals surface area contributed by atoms with Crippen LogP contribution < -0.4 is 14.9 Å². The molecule has 5 nitrogen and oxygen atoms in total. The minimum atomic E-state index is -0.0799. The van der Waals surface area contributed by atoms with Gasteiger partial charge in [-0.15, -0.1) is 0 Å². The third-order valence-corrected chi connectivity index (χ3v) is 3.30. The Hall–Kier alpha value is -2.48. The van der Waals surface area contributed by atoms with Crippen LogP contribution >= 0.6 is 0 Å². The van der Waals surface area contributed by atoms with Crippen LogP contribution in [0.25, 0.3) is 10.9 Å². The lowest BCUT2D eigenvalue weighted by atomic mass is 10.0. The average Bonchev–Trinajstić information content (AvgIpc) is 2.46. The number of aryl methyl sites for hydroxylation is 1.